The van der Waals surface area contributed by atoms with E-state index in [4.69, 9.17) is 9.47 Å². The van der Waals surface area contributed by atoms with Gasteiger partial charge in [0.1, 0.15) is 11.0 Å². The molecule has 5 rings (SSSR count). The molecule has 0 aromatic carbocycles. The van der Waals surface area contributed by atoms with Crippen LogP contribution in [0.25, 0.3) is 0 Å². The quantitative estimate of drug-likeness (QED) is 0.616. The van der Waals surface area contributed by atoms with Gasteiger partial charge in [-0.25, -0.2) is 0 Å². The second-order valence-electron chi connectivity index (χ2n) is 7.72. The standard InChI is InChI=1S/C16H18O5/c1-7-3-10-15(6-11(17)18)8-4-9-14(2,5-8)21-13(19)16(9,15)12(7)20-10/h3,8-10,12H,4-6H2,1-2H3,(H,17,18). The van der Waals surface area contributed by atoms with Crippen molar-refractivity contribution in [3.63, 3.8) is 0 Å². The van der Waals surface area contributed by atoms with Gasteiger partial charge in [0.25, 0.3) is 0 Å². The fourth-order valence-corrected chi connectivity index (χ4v) is 6.71. The molecule has 21 heavy (non-hydrogen) atoms. The maximum absolute atomic E-state index is 12.9. The van der Waals surface area contributed by atoms with Gasteiger partial charge in [0, 0.05) is 11.3 Å². The van der Waals surface area contributed by atoms with Crippen molar-refractivity contribution in [3.05, 3.63) is 11.6 Å². The Hall–Kier alpha value is -1.36. The molecule has 0 amide bonds. The highest BCUT2D eigenvalue weighted by Crippen LogP contribution is 2.82. The van der Waals surface area contributed by atoms with Crippen LogP contribution in [-0.2, 0) is 19.1 Å². The minimum Gasteiger partial charge on any atom is -0.481 e. The largest absolute Gasteiger partial charge is 0.481 e. The molecule has 0 aromatic rings. The van der Waals surface area contributed by atoms with Crippen molar-refractivity contribution < 1.29 is 24.2 Å². The van der Waals surface area contributed by atoms with E-state index in [0.717, 1.165) is 18.4 Å². The third kappa shape index (κ3) is 0.926. The van der Waals surface area contributed by atoms with Gasteiger partial charge in [-0.05, 0) is 38.2 Å². The Kier molecular flexibility index (Phi) is 1.77. The number of hydrogen-bond donors (Lipinski definition) is 1. The van der Waals surface area contributed by atoms with Crippen molar-refractivity contribution in [2.75, 3.05) is 0 Å². The summed E-state index contributed by atoms with van der Waals surface area (Å²) < 4.78 is 11.9. The monoisotopic (exact) mass is 290 g/mol. The number of hydrogen-bond acceptors (Lipinski definition) is 4. The highest BCUT2D eigenvalue weighted by atomic mass is 16.6. The number of fused-ring (bicyclic) bond motifs is 5. The van der Waals surface area contributed by atoms with E-state index < -0.39 is 22.4 Å². The van der Waals surface area contributed by atoms with E-state index in [1.807, 2.05) is 19.9 Å². The first kappa shape index (κ1) is 12.2. The topological polar surface area (TPSA) is 72.8 Å². The minimum absolute atomic E-state index is 0.00426. The second-order valence-corrected chi connectivity index (χ2v) is 7.72. The molecule has 7 atom stereocenters. The van der Waals surface area contributed by atoms with E-state index in [9.17, 15) is 14.7 Å². The van der Waals surface area contributed by atoms with Gasteiger partial charge >= 0.3 is 11.9 Å². The molecular formula is C16H18O5. The van der Waals surface area contributed by atoms with Gasteiger partial charge in [-0.1, -0.05) is 6.08 Å². The number of carbonyl (C=O) groups excluding carboxylic acids is 1. The number of carboxylic acid groups (broad SMARTS) is 1. The Morgan fingerprint density at radius 1 is 1.52 bits per heavy atom. The summed E-state index contributed by atoms with van der Waals surface area (Å²) in [6.45, 7) is 4.00. The van der Waals surface area contributed by atoms with Crippen LogP contribution in [0.15, 0.2) is 11.6 Å². The Labute approximate surface area is 122 Å². The normalized spacial score (nSPS) is 58.4. The van der Waals surface area contributed by atoms with E-state index in [2.05, 4.69) is 0 Å². The van der Waals surface area contributed by atoms with Crippen LogP contribution in [-0.4, -0.2) is 34.9 Å². The van der Waals surface area contributed by atoms with Crippen LogP contribution in [0.2, 0.25) is 0 Å². The maximum atomic E-state index is 12.9. The molecule has 1 spiro atoms. The van der Waals surface area contributed by atoms with Gasteiger partial charge in [-0.3, -0.25) is 9.59 Å². The first-order chi connectivity index (χ1) is 9.86. The number of carboxylic acids is 1. The average Bonchev–Trinajstić information content (AvgIpc) is 3.05. The lowest BCUT2D eigenvalue weighted by Crippen LogP contribution is -2.57. The zero-order valence-corrected chi connectivity index (χ0v) is 12.1. The number of ether oxygens (including phenoxy) is 2. The highest BCUT2D eigenvalue weighted by Gasteiger charge is 2.89. The summed E-state index contributed by atoms with van der Waals surface area (Å²) in [4.78, 5) is 24.5. The number of esters is 1. The van der Waals surface area contributed by atoms with Gasteiger partial charge in [0.2, 0.25) is 0 Å². The maximum Gasteiger partial charge on any atom is 0.316 e. The summed E-state index contributed by atoms with van der Waals surface area (Å²) in [5.41, 5.74) is -0.708. The second kappa shape index (κ2) is 3.05. The van der Waals surface area contributed by atoms with Crippen LogP contribution in [0.3, 0.4) is 0 Å². The highest BCUT2D eigenvalue weighted by molar-refractivity contribution is 5.87. The molecule has 0 radical (unpaired) electrons. The fourth-order valence-electron chi connectivity index (χ4n) is 6.71. The lowest BCUT2D eigenvalue weighted by molar-refractivity contribution is -0.156. The molecule has 5 heteroatoms. The molecule has 4 fully saturated rings. The number of carbonyl (C=O) groups is 2. The fraction of sp³-hybridized carbons (Fsp3) is 0.750. The lowest BCUT2D eigenvalue weighted by Gasteiger charge is -2.48. The van der Waals surface area contributed by atoms with Crippen molar-refractivity contribution in [2.24, 2.45) is 22.7 Å². The predicted molar refractivity (Wildman–Crippen MR) is 70.2 cm³/mol. The van der Waals surface area contributed by atoms with Gasteiger partial charge in [0.05, 0.1) is 18.6 Å². The van der Waals surface area contributed by atoms with Crippen LogP contribution in [0, 0.1) is 22.7 Å². The summed E-state index contributed by atoms with van der Waals surface area (Å²) in [7, 11) is 0. The van der Waals surface area contributed by atoms with E-state index in [-0.39, 0.29) is 36.4 Å². The van der Waals surface area contributed by atoms with Crippen molar-refractivity contribution >= 4 is 11.9 Å². The Balaban J connectivity index is 1.81. The first-order valence-electron chi connectivity index (χ1n) is 7.65. The minimum atomic E-state index is -0.842. The van der Waals surface area contributed by atoms with Crippen LogP contribution >= 0.6 is 0 Å². The molecule has 7 unspecified atom stereocenters. The lowest BCUT2D eigenvalue weighted by atomic mass is 9.48. The zero-order chi connectivity index (χ0) is 14.8. The number of aliphatic carboxylic acids is 1. The molecule has 2 saturated heterocycles. The Bertz CT molecular complexity index is 639. The van der Waals surface area contributed by atoms with Crippen molar-refractivity contribution in [3.8, 4) is 0 Å². The smallest absolute Gasteiger partial charge is 0.316 e. The average molecular weight is 290 g/mol. The molecule has 2 aliphatic carbocycles. The third-order valence-corrected chi connectivity index (χ3v) is 7.10. The molecule has 5 nitrogen and oxygen atoms in total. The zero-order valence-electron chi connectivity index (χ0n) is 12.1. The molecule has 3 heterocycles. The summed E-state index contributed by atoms with van der Waals surface area (Å²) in [5.74, 6) is -0.753. The SMILES string of the molecule is CC1=CC2OC1C13C(=O)OC4(C)CC(CC41)C23CC(=O)O. The summed E-state index contributed by atoms with van der Waals surface area (Å²) in [6, 6.07) is 0. The Morgan fingerprint density at radius 2 is 2.29 bits per heavy atom. The van der Waals surface area contributed by atoms with Crippen LogP contribution in [0.1, 0.15) is 33.1 Å². The molecule has 0 aromatic heterocycles. The van der Waals surface area contributed by atoms with Crippen molar-refractivity contribution in [1.82, 2.24) is 0 Å². The van der Waals surface area contributed by atoms with E-state index >= 15 is 0 Å². The molecular weight excluding hydrogens is 272 g/mol. The molecule has 112 valence electrons. The molecule has 2 saturated carbocycles. The molecule has 3 aliphatic heterocycles. The van der Waals surface area contributed by atoms with Gasteiger partial charge < -0.3 is 14.6 Å². The third-order valence-electron chi connectivity index (χ3n) is 7.10. The van der Waals surface area contributed by atoms with Gasteiger partial charge in [-0.15, -0.1) is 0 Å². The van der Waals surface area contributed by atoms with E-state index in [0.29, 0.717) is 0 Å². The molecule has 1 N–H and O–H groups in total. The Morgan fingerprint density at radius 3 is 3.00 bits per heavy atom. The van der Waals surface area contributed by atoms with E-state index in [1.54, 1.807) is 0 Å². The summed E-state index contributed by atoms with van der Waals surface area (Å²) >= 11 is 0. The van der Waals surface area contributed by atoms with Crippen LogP contribution < -0.4 is 0 Å². The first-order valence-corrected chi connectivity index (χ1v) is 7.65. The van der Waals surface area contributed by atoms with Crippen molar-refractivity contribution in [2.45, 2.75) is 50.9 Å². The number of rotatable bonds is 2. The van der Waals surface area contributed by atoms with Crippen LogP contribution in [0.4, 0.5) is 0 Å². The van der Waals surface area contributed by atoms with E-state index in [1.165, 1.54) is 0 Å². The van der Waals surface area contributed by atoms with Crippen LogP contribution in [0.5, 0.6) is 0 Å². The molecule has 5 aliphatic rings. The van der Waals surface area contributed by atoms with Gasteiger partial charge in [0.15, 0.2) is 0 Å². The summed E-state index contributed by atoms with van der Waals surface area (Å²) in [5, 5.41) is 9.48. The predicted octanol–water partition coefficient (Wildman–Crippen LogP) is 1.52. The summed E-state index contributed by atoms with van der Waals surface area (Å²) in [6.07, 6.45) is 3.19. The van der Waals surface area contributed by atoms with Gasteiger partial charge in [-0.2, -0.15) is 0 Å². The van der Waals surface area contributed by atoms with Crippen molar-refractivity contribution in [1.29, 1.82) is 0 Å². The molecule has 4 bridgehead atoms.